The van der Waals surface area contributed by atoms with Crippen LogP contribution in [-0.2, 0) is 10.2 Å². The average molecular weight is 609 g/mol. The van der Waals surface area contributed by atoms with Crippen LogP contribution in [0.15, 0.2) is 71.5 Å². The summed E-state index contributed by atoms with van der Waals surface area (Å²) in [5, 5.41) is 13.3. The minimum atomic E-state index is -0.538. The Bertz CT molecular complexity index is 1770. The number of benzene rings is 2. The number of likely N-dealkylation sites (N-methyl/N-ethyl adjacent to an activating group) is 1. The van der Waals surface area contributed by atoms with Crippen molar-refractivity contribution in [1.82, 2.24) is 35.1 Å². The van der Waals surface area contributed by atoms with Crippen molar-refractivity contribution in [2.45, 2.75) is 70.0 Å². The molecule has 234 valence electrons. The van der Waals surface area contributed by atoms with Crippen molar-refractivity contribution >= 4 is 22.8 Å². The normalized spacial score (nSPS) is 17.8. The molecule has 3 aromatic heterocycles. The van der Waals surface area contributed by atoms with E-state index >= 15 is 0 Å². The van der Waals surface area contributed by atoms with Gasteiger partial charge in [0.1, 0.15) is 46.8 Å². The molecule has 0 spiro atoms. The van der Waals surface area contributed by atoms with Crippen LogP contribution in [0.1, 0.15) is 70.0 Å². The second-order valence-electron chi connectivity index (χ2n) is 12.9. The van der Waals surface area contributed by atoms with Gasteiger partial charge in [-0.25, -0.2) is 14.6 Å². The number of fused-ring (bicyclic) bond motifs is 1. The number of nitrogens with one attached hydrogen (secondary N) is 1. The van der Waals surface area contributed by atoms with E-state index in [1.807, 2.05) is 84.3 Å². The largest absolute Gasteiger partial charge is 0.457 e. The molecular weight excluding hydrogens is 568 g/mol. The van der Waals surface area contributed by atoms with Crippen LogP contribution in [0.25, 0.3) is 22.3 Å². The van der Waals surface area contributed by atoms with Gasteiger partial charge in [-0.05, 0) is 76.2 Å². The van der Waals surface area contributed by atoms with E-state index in [0.717, 1.165) is 59.6 Å². The lowest BCUT2D eigenvalue weighted by Crippen LogP contribution is -2.44. The van der Waals surface area contributed by atoms with Crippen LogP contribution in [0.4, 0.5) is 5.82 Å². The summed E-state index contributed by atoms with van der Waals surface area (Å²) in [5.74, 6) is 2.57. The molecule has 0 unspecified atom stereocenters. The highest BCUT2D eigenvalue weighted by atomic mass is 16.5. The van der Waals surface area contributed by atoms with Gasteiger partial charge in [-0.3, -0.25) is 9.69 Å². The fraction of sp³-hybridized carbons (Fsp3) is 0.382. The van der Waals surface area contributed by atoms with Crippen LogP contribution >= 0.6 is 0 Å². The summed E-state index contributed by atoms with van der Waals surface area (Å²) in [6.45, 7) is 6.18. The quantitative estimate of drug-likeness (QED) is 0.215. The first-order valence-electron chi connectivity index (χ1n) is 15.3. The molecule has 11 heteroatoms. The molecule has 1 aliphatic rings. The van der Waals surface area contributed by atoms with Gasteiger partial charge in [-0.1, -0.05) is 44.1 Å². The minimum absolute atomic E-state index is 0.0448. The molecule has 0 bridgehead atoms. The van der Waals surface area contributed by atoms with Gasteiger partial charge in [0.15, 0.2) is 5.65 Å². The summed E-state index contributed by atoms with van der Waals surface area (Å²) in [6, 6.07) is 19.0. The monoisotopic (exact) mass is 608 g/mol. The Morgan fingerprint density at radius 2 is 1.71 bits per heavy atom. The number of nitrogen functional groups attached to an aromatic ring is 1. The number of carbonyl (C=O) groups is 1. The van der Waals surface area contributed by atoms with Gasteiger partial charge in [0.25, 0.3) is 0 Å². The second kappa shape index (κ2) is 12.3. The molecule has 0 aliphatic heterocycles. The molecule has 1 fully saturated rings. The zero-order valence-corrected chi connectivity index (χ0v) is 26.4. The summed E-state index contributed by atoms with van der Waals surface area (Å²) in [5.41, 5.74) is 9.15. The summed E-state index contributed by atoms with van der Waals surface area (Å²) >= 11 is 0. The zero-order valence-electron chi connectivity index (χ0n) is 26.4. The third kappa shape index (κ3) is 6.39. The smallest absolute Gasteiger partial charge is 0.243 e. The van der Waals surface area contributed by atoms with Gasteiger partial charge >= 0.3 is 0 Å². The van der Waals surface area contributed by atoms with Gasteiger partial charge in [-0.15, -0.1) is 0 Å². The number of amides is 1. The average Bonchev–Trinajstić information content (AvgIpc) is 3.65. The lowest BCUT2D eigenvalue weighted by atomic mass is 9.90. The first-order chi connectivity index (χ1) is 21.6. The van der Waals surface area contributed by atoms with Gasteiger partial charge in [0.05, 0.1) is 11.4 Å². The van der Waals surface area contributed by atoms with Crippen molar-refractivity contribution in [2.24, 2.45) is 0 Å². The van der Waals surface area contributed by atoms with Crippen LogP contribution < -0.4 is 15.8 Å². The lowest BCUT2D eigenvalue weighted by Gasteiger charge is -2.31. The molecule has 1 amide bonds. The molecule has 2 aromatic carbocycles. The fourth-order valence-corrected chi connectivity index (χ4v) is 5.91. The molecule has 3 heterocycles. The topological polar surface area (TPSA) is 137 Å². The maximum atomic E-state index is 13.5. The van der Waals surface area contributed by atoms with Gasteiger partial charge in [0.2, 0.25) is 5.91 Å². The SMILES string of the molecule is CN(C)[C@H](C(=O)N[C@H]1CC[C@H](n2nc(-c3ccc(Oc4ccccc4)cc3)c3c(N)ncnc32)CC1)c1cc(C(C)(C)C)on1. The van der Waals surface area contributed by atoms with E-state index in [4.69, 9.17) is 20.1 Å². The van der Waals surface area contributed by atoms with Gasteiger partial charge < -0.3 is 20.3 Å². The van der Waals surface area contributed by atoms with Gasteiger partial charge in [0, 0.05) is 23.1 Å². The molecule has 45 heavy (non-hydrogen) atoms. The van der Waals surface area contributed by atoms with Crippen molar-refractivity contribution in [3.8, 4) is 22.8 Å². The first kappa shape index (κ1) is 30.3. The zero-order chi connectivity index (χ0) is 31.7. The van der Waals surface area contributed by atoms with Crippen LogP contribution in [-0.4, -0.2) is 55.8 Å². The molecule has 1 aliphatic carbocycles. The first-order valence-corrected chi connectivity index (χ1v) is 15.3. The van der Waals surface area contributed by atoms with Crippen molar-refractivity contribution in [2.75, 3.05) is 19.8 Å². The summed E-state index contributed by atoms with van der Waals surface area (Å²) in [4.78, 5) is 24.2. The number of para-hydroxylation sites is 1. The number of anilines is 1. The molecular formula is C34H40N8O3. The third-order valence-electron chi connectivity index (χ3n) is 8.33. The van der Waals surface area contributed by atoms with E-state index in [1.165, 1.54) is 6.33 Å². The molecule has 0 saturated heterocycles. The minimum Gasteiger partial charge on any atom is -0.457 e. The van der Waals surface area contributed by atoms with Crippen LogP contribution in [0, 0.1) is 0 Å². The molecule has 0 radical (unpaired) electrons. The van der Waals surface area contributed by atoms with E-state index < -0.39 is 6.04 Å². The number of carbonyl (C=O) groups excluding carboxylic acids is 1. The van der Waals surface area contributed by atoms with Crippen LogP contribution in [0.3, 0.4) is 0 Å². The van der Waals surface area contributed by atoms with Crippen molar-refractivity contribution < 1.29 is 14.1 Å². The number of ether oxygens (including phenoxy) is 1. The Hall–Kier alpha value is -4.77. The summed E-state index contributed by atoms with van der Waals surface area (Å²) < 4.78 is 13.5. The van der Waals surface area contributed by atoms with E-state index in [2.05, 4.69) is 41.2 Å². The Labute approximate surface area is 262 Å². The number of nitrogens with two attached hydrogens (primary N) is 1. The van der Waals surface area contributed by atoms with E-state index in [0.29, 0.717) is 17.2 Å². The Balaban J connectivity index is 1.16. The highest BCUT2D eigenvalue weighted by molar-refractivity contribution is 5.98. The standard InChI is InChI=1S/C34H40N8O3/c1-34(2,3)27-19-26(40-45-27)30(41(4)5)33(43)38-22-13-15-23(16-14-22)42-32-28(31(35)36-20-37-32)29(39-42)21-11-17-25(18-12-21)44-24-9-7-6-8-10-24/h6-12,17-20,22-23,30H,13-16H2,1-5H3,(H,38,43)(H2,35,36,37)/t22-,23-,30-/m0/s1. The third-order valence-corrected chi connectivity index (χ3v) is 8.33. The van der Waals surface area contributed by atoms with E-state index in [9.17, 15) is 4.79 Å². The number of aromatic nitrogens is 5. The van der Waals surface area contributed by atoms with Crippen LogP contribution in [0.5, 0.6) is 11.5 Å². The highest BCUT2D eigenvalue weighted by Gasteiger charge is 2.33. The fourth-order valence-electron chi connectivity index (χ4n) is 5.91. The predicted molar refractivity (Wildman–Crippen MR) is 173 cm³/mol. The molecule has 3 N–H and O–H groups in total. The summed E-state index contributed by atoms with van der Waals surface area (Å²) in [7, 11) is 3.76. The van der Waals surface area contributed by atoms with Crippen molar-refractivity contribution in [3.05, 3.63) is 78.4 Å². The highest BCUT2D eigenvalue weighted by Crippen LogP contribution is 2.37. The molecule has 1 saturated carbocycles. The molecule has 11 nitrogen and oxygen atoms in total. The van der Waals surface area contributed by atoms with Crippen molar-refractivity contribution in [1.29, 1.82) is 0 Å². The maximum absolute atomic E-state index is 13.5. The molecule has 5 aromatic rings. The molecule has 1 atom stereocenters. The summed E-state index contributed by atoms with van der Waals surface area (Å²) in [6.07, 6.45) is 4.77. The number of nitrogens with zero attached hydrogens (tertiary/aromatic N) is 6. The molecule has 6 rings (SSSR count). The Morgan fingerprint density at radius 1 is 1.02 bits per heavy atom. The number of rotatable bonds is 8. The van der Waals surface area contributed by atoms with E-state index in [-0.39, 0.29) is 23.4 Å². The second-order valence-corrected chi connectivity index (χ2v) is 12.9. The van der Waals surface area contributed by atoms with Crippen molar-refractivity contribution in [3.63, 3.8) is 0 Å². The Morgan fingerprint density at radius 3 is 2.36 bits per heavy atom. The maximum Gasteiger partial charge on any atom is 0.243 e. The Kier molecular flexibility index (Phi) is 8.28. The number of hydrogen-bond acceptors (Lipinski definition) is 9. The predicted octanol–water partition coefficient (Wildman–Crippen LogP) is 6.06. The number of hydrogen-bond donors (Lipinski definition) is 2. The van der Waals surface area contributed by atoms with E-state index in [1.54, 1.807) is 0 Å². The van der Waals surface area contributed by atoms with Gasteiger partial charge in [-0.2, -0.15) is 5.10 Å². The lowest BCUT2D eigenvalue weighted by molar-refractivity contribution is -0.127. The van der Waals surface area contributed by atoms with Crippen LogP contribution in [0.2, 0.25) is 0 Å².